The molecule has 0 aromatic carbocycles. The van der Waals surface area contributed by atoms with Gasteiger partial charge in [-0.3, -0.25) is 9.59 Å². The van der Waals surface area contributed by atoms with Crippen molar-refractivity contribution in [3.05, 3.63) is 0 Å². The lowest BCUT2D eigenvalue weighted by Gasteiger charge is -2.12. The lowest BCUT2D eigenvalue weighted by Crippen LogP contribution is -2.31. The van der Waals surface area contributed by atoms with E-state index in [0.717, 1.165) is 19.3 Å². The fourth-order valence-corrected chi connectivity index (χ4v) is 3.27. The number of hydroxylamine groups is 2. The summed E-state index contributed by atoms with van der Waals surface area (Å²) in [6.45, 7) is 2.25. The van der Waals surface area contributed by atoms with Gasteiger partial charge in [-0.15, -0.1) is 5.06 Å². The third kappa shape index (κ3) is 10.6. The number of amides is 2. The number of carbonyl (C=O) groups excluding carboxylic acids is 3. The van der Waals surface area contributed by atoms with Crippen LogP contribution in [0.15, 0.2) is 0 Å². The molecule has 5 nitrogen and oxygen atoms in total. The minimum atomic E-state index is -0.479. The van der Waals surface area contributed by atoms with Gasteiger partial charge in [0.25, 0.3) is 11.8 Å². The summed E-state index contributed by atoms with van der Waals surface area (Å²) < 4.78 is 0. The molecule has 5 heteroatoms. The van der Waals surface area contributed by atoms with Gasteiger partial charge in [0, 0.05) is 19.3 Å². The Kier molecular flexibility index (Phi) is 12.8. The Morgan fingerprint density at radius 3 is 1.54 bits per heavy atom. The lowest BCUT2D eigenvalue weighted by molar-refractivity contribution is -0.197. The van der Waals surface area contributed by atoms with E-state index in [1.165, 1.54) is 70.6 Å². The highest BCUT2D eigenvalue weighted by atomic mass is 16.7. The van der Waals surface area contributed by atoms with Crippen molar-refractivity contribution in [1.29, 1.82) is 0 Å². The van der Waals surface area contributed by atoms with Crippen LogP contribution in [0.2, 0.25) is 0 Å². The average Bonchev–Trinajstić information content (AvgIpc) is 2.94. The summed E-state index contributed by atoms with van der Waals surface area (Å²) in [5.41, 5.74) is 0. The lowest BCUT2D eigenvalue weighted by atomic mass is 10.0. The van der Waals surface area contributed by atoms with E-state index in [1.807, 2.05) is 0 Å². The number of carbonyl (C=O) groups is 3. The zero-order valence-electron chi connectivity index (χ0n) is 16.6. The zero-order valence-corrected chi connectivity index (χ0v) is 16.6. The second-order valence-corrected chi connectivity index (χ2v) is 7.39. The predicted molar refractivity (Wildman–Crippen MR) is 102 cm³/mol. The van der Waals surface area contributed by atoms with Crippen molar-refractivity contribution in [3.8, 4) is 0 Å². The van der Waals surface area contributed by atoms with Gasteiger partial charge in [-0.2, -0.15) is 0 Å². The summed E-state index contributed by atoms with van der Waals surface area (Å²) in [5.74, 6) is -1.30. The molecule has 2 amide bonds. The maximum atomic E-state index is 11.6. The minimum Gasteiger partial charge on any atom is -0.330 e. The molecule has 150 valence electrons. The molecule has 0 aliphatic carbocycles. The molecule has 1 saturated heterocycles. The highest BCUT2D eigenvalue weighted by molar-refractivity contribution is 6.01. The second-order valence-electron chi connectivity index (χ2n) is 7.39. The first-order valence-corrected chi connectivity index (χ1v) is 10.7. The number of hydrogen-bond acceptors (Lipinski definition) is 4. The highest BCUT2D eigenvalue weighted by Gasteiger charge is 2.32. The van der Waals surface area contributed by atoms with Crippen LogP contribution >= 0.6 is 0 Å². The fourth-order valence-electron chi connectivity index (χ4n) is 3.27. The molecule has 1 fully saturated rings. The van der Waals surface area contributed by atoms with E-state index in [0.29, 0.717) is 5.06 Å². The smallest absolute Gasteiger partial charge is 0.330 e. The number of nitrogens with zero attached hydrogens (tertiary/aromatic N) is 1. The average molecular weight is 368 g/mol. The molecule has 1 heterocycles. The summed E-state index contributed by atoms with van der Waals surface area (Å²) in [4.78, 5) is 39.2. The van der Waals surface area contributed by atoms with E-state index in [4.69, 9.17) is 4.84 Å². The molecule has 26 heavy (non-hydrogen) atoms. The zero-order chi connectivity index (χ0) is 19.0. The maximum Gasteiger partial charge on any atom is 0.333 e. The van der Waals surface area contributed by atoms with Gasteiger partial charge >= 0.3 is 5.97 Å². The van der Waals surface area contributed by atoms with Gasteiger partial charge in [-0.05, 0) is 6.42 Å². The van der Waals surface area contributed by atoms with Crippen molar-refractivity contribution in [2.75, 3.05) is 0 Å². The second kappa shape index (κ2) is 14.7. The molecule has 0 atom stereocenters. The van der Waals surface area contributed by atoms with Crippen LogP contribution in [0.4, 0.5) is 0 Å². The van der Waals surface area contributed by atoms with Gasteiger partial charge in [-0.1, -0.05) is 90.4 Å². The van der Waals surface area contributed by atoms with Crippen LogP contribution in [-0.2, 0) is 19.2 Å². The largest absolute Gasteiger partial charge is 0.333 e. The van der Waals surface area contributed by atoms with Crippen molar-refractivity contribution in [1.82, 2.24) is 5.06 Å². The van der Waals surface area contributed by atoms with E-state index < -0.39 is 17.8 Å². The number of hydrogen-bond donors (Lipinski definition) is 0. The van der Waals surface area contributed by atoms with Gasteiger partial charge in [0.15, 0.2) is 0 Å². The van der Waals surface area contributed by atoms with Crippen molar-refractivity contribution in [3.63, 3.8) is 0 Å². The standard InChI is InChI=1S/C21H37NO4/c1-2-3-4-5-6-7-8-9-10-11-12-13-14-15-16-21(25)26-22-19(23)17-18-20(22)24/h2-18H2,1H3. The Bertz CT molecular complexity index is 406. The quantitative estimate of drug-likeness (QED) is 0.268. The van der Waals surface area contributed by atoms with E-state index in [1.54, 1.807) is 0 Å². The predicted octanol–water partition coefficient (Wildman–Crippen LogP) is 5.47. The van der Waals surface area contributed by atoms with Crippen LogP contribution in [0, 0.1) is 0 Å². The molecule has 0 radical (unpaired) electrons. The first kappa shape index (κ1) is 22.7. The molecule has 0 saturated carbocycles. The summed E-state index contributed by atoms with van der Waals surface area (Å²) >= 11 is 0. The van der Waals surface area contributed by atoms with Crippen LogP contribution in [-0.4, -0.2) is 22.8 Å². The first-order chi connectivity index (χ1) is 12.6. The van der Waals surface area contributed by atoms with Crippen molar-refractivity contribution in [2.24, 2.45) is 0 Å². The van der Waals surface area contributed by atoms with Crippen molar-refractivity contribution >= 4 is 17.8 Å². The Balaban J connectivity index is 1.82. The van der Waals surface area contributed by atoms with Crippen molar-refractivity contribution < 1.29 is 19.2 Å². The fraction of sp³-hybridized carbons (Fsp3) is 0.857. The summed E-state index contributed by atoms with van der Waals surface area (Å²) in [6, 6.07) is 0. The molecule has 1 aliphatic heterocycles. The summed E-state index contributed by atoms with van der Waals surface area (Å²) in [5, 5.41) is 0.631. The van der Waals surface area contributed by atoms with E-state index >= 15 is 0 Å². The van der Waals surface area contributed by atoms with Gasteiger partial charge < -0.3 is 4.84 Å². The number of rotatable bonds is 16. The molecule has 0 bridgehead atoms. The Morgan fingerprint density at radius 2 is 1.12 bits per heavy atom. The number of imide groups is 1. The third-order valence-corrected chi connectivity index (χ3v) is 4.93. The number of unbranched alkanes of at least 4 members (excludes halogenated alkanes) is 13. The molecule has 1 aliphatic rings. The Labute approximate surface area is 158 Å². The summed E-state index contributed by atoms with van der Waals surface area (Å²) in [7, 11) is 0. The molecule has 0 aromatic rings. The normalized spacial score (nSPS) is 14.3. The SMILES string of the molecule is CCCCCCCCCCCCCCCCC(=O)ON1C(=O)CCC1=O. The highest BCUT2D eigenvalue weighted by Crippen LogP contribution is 2.15. The minimum absolute atomic E-state index is 0.144. The third-order valence-electron chi connectivity index (χ3n) is 4.93. The van der Waals surface area contributed by atoms with Crippen LogP contribution in [0.1, 0.15) is 116 Å². The van der Waals surface area contributed by atoms with Crippen LogP contribution < -0.4 is 0 Å². The maximum absolute atomic E-state index is 11.6. The monoisotopic (exact) mass is 367 g/mol. The van der Waals surface area contributed by atoms with Gasteiger partial charge in [-0.25, -0.2) is 4.79 Å². The molecular weight excluding hydrogens is 330 g/mol. The molecule has 1 rings (SSSR count). The van der Waals surface area contributed by atoms with E-state index in [2.05, 4.69) is 6.92 Å². The van der Waals surface area contributed by atoms with Crippen LogP contribution in [0.5, 0.6) is 0 Å². The van der Waals surface area contributed by atoms with E-state index in [-0.39, 0.29) is 19.3 Å². The molecule has 0 spiro atoms. The molecule has 0 N–H and O–H groups in total. The molecule has 0 aromatic heterocycles. The Hall–Kier alpha value is -1.39. The topological polar surface area (TPSA) is 63.7 Å². The van der Waals surface area contributed by atoms with Gasteiger partial charge in [0.1, 0.15) is 0 Å². The van der Waals surface area contributed by atoms with E-state index in [9.17, 15) is 14.4 Å². The van der Waals surface area contributed by atoms with Gasteiger partial charge in [0.2, 0.25) is 0 Å². The van der Waals surface area contributed by atoms with Crippen LogP contribution in [0.3, 0.4) is 0 Å². The first-order valence-electron chi connectivity index (χ1n) is 10.7. The molecular formula is C21H37NO4. The molecule has 0 unspecified atom stereocenters. The van der Waals surface area contributed by atoms with Crippen molar-refractivity contribution in [2.45, 2.75) is 116 Å². The Morgan fingerprint density at radius 1 is 0.731 bits per heavy atom. The van der Waals surface area contributed by atoms with Crippen LogP contribution in [0.25, 0.3) is 0 Å². The van der Waals surface area contributed by atoms with Gasteiger partial charge in [0.05, 0.1) is 0 Å². The summed E-state index contributed by atoms with van der Waals surface area (Å²) in [6.07, 6.45) is 18.2.